The van der Waals surface area contributed by atoms with E-state index in [1.165, 1.54) is 18.2 Å². The Kier molecular flexibility index (Phi) is 6.27. The number of urea groups is 1. The van der Waals surface area contributed by atoms with Crippen LogP contribution in [0, 0.1) is 17.2 Å². The van der Waals surface area contributed by atoms with Crippen LogP contribution in [0.4, 0.5) is 10.5 Å². The van der Waals surface area contributed by atoms with Crippen molar-refractivity contribution in [3.05, 3.63) is 28.8 Å². The monoisotopic (exact) mass is 432 g/mol. The van der Waals surface area contributed by atoms with E-state index in [0.717, 1.165) is 24.2 Å². The molecule has 1 aromatic carbocycles. The van der Waals surface area contributed by atoms with Gasteiger partial charge in [-0.3, -0.25) is 19.3 Å². The van der Waals surface area contributed by atoms with Crippen molar-refractivity contribution in [2.75, 3.05) is 18.5 Å². The number of halogens is 1. The fourth-order valence-electron chi connectivity index (χ4n) is 3.84. The summed E-state index contributed by atoms with van der Waals surface area (Å²) < 4.78 is 4.90. The Morgan fingerprint density at radius 3 is 2.83 bits per heavy atom. The minimum atomic E-state index is -0.957. The second-order valence-corrected chi connectivity index (χ2v) is 7.86. The van der Waals surface area contributed by atoms with Crippen LogP contribution in [0.3, 0.4) is 0 Å². The van der Waals surface area contributed by atoms with E-state index in [2.05, 4.69) is 10.6 Å². The number of amides is 4. The number of nitriles is 1. The number of nitrogens with zero attached hydrogens (tertiary/aromatic N) is 2. The third-order valence-corrected chi connectivity index (χ3v) is 5.84. The summed E-state index contributed by atoms with van der Waals surface area (Å²) in [5.41, 5.74) is -0.357. The molecule has 0 aromatic heterocycles. The maximum atomic E-state index is 12.8. The zero-order valence-corrected chi connectivity index (χ0v) is 17.1. The van der Waals surface area contributed by atoms with Crippen molar-refractivity contribution in [1.82, 2.24) is 10.2 Å². The van der Waals surface area contributed by atoms with E-state index in [9.17, 15) is 19.2 Å². The molecule has 1 saturated carbocycles. The van der Waals surface area contributed by atoms with Gasteiger partial charge in [0.25, 0.3) is 11.8 Å². The number of hydrogen-bond donors (Lipinski definition) is 2. The fourth-order valence-corrected chi connectivity index (χ4v) is 4.06. The predicted octanol–water partition coefficient (Wildman–Crippen LogP) is 2.19. The Morgan fingerprint density at radius 2 is 2.17 bits per heavy atom. The highest BCUT2D eigenvalue weighted by molar-refractivity contribution is 6.32. The summed E-state index contributed by atoms with van der Waals surface area (Å²) in [6.07, 6.45) is 3.19. The number of anilines is 1. The van der Waals surface area contributed by atoms with Gasteiger partial charge in [-0.05, 0) is 37.0 Å². The van der Waals surface area contributed by atoms with Crippen LogP contribution >= 0.6 is 11.6 Å². The van der Waals surface area contributed by atoms with E-state index in [-0.39, 0.29) is 16.5 Å². The van der Waals surface area contributed by atoms with Crippen LogP contribution in [-0.2, 0) is 19.1 Å². The Hall–Kier alpha value is -3.12. The minimum Gasteiger partial charge on any atom is -0.454 e. The van der Waals surface area contributed by atoms with Gasteiger partial charge in [-0.15, -0.1) is 0 Å². The van der Waals surface area contributed by atoms with E-state index >= 15 is 0 Å². The van der Waals surface area contributed by atoms with E-state index in [1.54, 1.807) is 0 Å². The van der Waals surface area contributed by atoms with Gasteiger partial charge in [-0.25, -0.2) is 4.79 Å². The van der Waals surface area contributed by atoms with Gasteiger partial charge in [0, 0.05) is 5.69 Å². The van der Waals surface area contributed by atoms with Crippen molar-refractivity contribution in [2.45, 2.75) is 38.1 Å². The lowest BCUT2D eigenvalue weighted by molar-refractivity contribution is -0.150. The zero-order valence-electron chi connectivity index (χ0n) is 16.4. The van der Waals surface area contributed by atoms with Gasteiger partial charge < -0.3 is 15.4 Å². The topological polar surface area (TPSA) is 129 Å². The minimum absolute atomic E-state index is 0.0197. The van der Waals surface area contributed by atoms with Gasteiger partial charge in [0.2, 0.25) is 0 Å². The standard InChI is InChI=1S/C20H21ClN4O5/c1-12-4-2-3-7-20(12)18(28)25(19(29)24-20)10-17(27)30-11-16(26)23-14-6-5-13(9-22)15(21)8-14/h5-6,8,12H,2-4,7,10-11H2,1H3,(H,23,26)(H,24,29). The quantitative estimate of drug-likeness (QED) is 0.542. The van der Waals surface area contributed by atoms with Gasteiger partial charge in [0.15, 0.2) is 6.61 Å². The van der Waals surface area contributed by atoms with Gasteiger partial charge in [-0.2, -0.15) is 5.26 Å². The Labute approximate surface area is 178 Å². The van der Waals surface area contributed by atoms with E-state index in [0.29, 0.717) is 12.1 Å². The molecule has 1 spiro atoms. The first-order valence-corrected chi connectivity index (χ1v) is 9.94. The zero-order chi connectivity index (χ0) is 21.9. The highest BCUT2D eigenvalue weighted by atomic mass is 35.5. The lowest BCUT2D eigenvalue weighted by Gasteiger charge is -2.36. The molecular formula is C20H21ClN4O5. The largest absolute Gasteiger partial charge is 0.454 e. The summed E-state index contributed by atoms with van der Waals surface area (Å²) in [5.74, 6) is -1.94. The molecule has 2 fully saturated rings. The molecular weight excluding hydrogens is 412 g/mol. The van der Waals surface area contributed by atoms with Crippen LogP contribution in [0.25, 0.3) is 0 Å². The molecule has 0 bridgehead atoms. The van der Waals surface area contributed by atoms with Crippen molar-refractivity contribution < 1.29 is 23.9 Å². The molecule has 30 heavy (non-hydrogen) atoms. The SMILES string of the molecule is CC1CCCCC12NC(=O)N(CC(=O)OCC(=O)Nc1ccc(C#N)c(Cl)c1)C2=O. The summed E-state index contributed by atoms with van der Waals surface area (Å²) in [4.78, 5) is 50.0. The molecule has 158 valence electrons. The number of benzene rings is 1. The van der Waals surface area contributed by atoms with Gasteiger partial charge in [-0.1, -0.05) is 31.4 Å². The predicted molar refractivity (Wildman–Crippen MR) is 106 cm³/mol. The number of esters is 1. The van der Waals surface area contributed by atoms with E-state index < -0.39 is 42.5 Å². The third-order valence-electron chi connectivity index (χ3n) is 5.53. The summed E-state index contributed by atoms with van der Waals surface area (Å²) in [7, 11) is 0. The van der Waals surface area contributed by atoms with Gasteiger partial charge in [0.05, 0.1) is 10.6 Å². The highest BCUT2D eigenvalue weighted by Crippen LogP contribution is 2.38. The second-order valence-electron chi connectivity index (χ2n) is 7.45. The number of ether oxygens (including phenoxy) is 1. The molecule has 1 saturated heterocycles. The lowest BCUT2D eigenvalue weighted by Crippen LogP contribution is -2.54. The molecule has 1 aromatic rings. The van der Waals surface area contributed by atoms with E-state index in [1.807, 2.05) is 13.0 Å². The Balaban J connectivity index is 1.52. The maximum absolute atomic E-state index is 12.8. The molecule has 1 heterocycles. The molecule has 1 aliphatic carbocycles. The average molecular weight is 433 g/mol. The van der Waals surface area contributed by atoms with Crippen LogP contribution < -0.4 is 10.6 Å². The fraction of sp³-hybridized carbons (Fsp3) is 0.450. The molecule has 3 rings (SSSR count). The van der Waals surface area contributed by atoms with Crippen LogP contribution in [0.5, 0.6) is 0 Å². The first kappa shape index (κ1) is 21.6. The van der Waals surface area contributed by atoms with Crippen LogP contribution in [-0.4, -0.2) is 47.4 Å². The number of rotatable bonds is 5. The van der Waals surface area contributed by atoms with Crippen molar-refractivity contribution in [2.24, 2.45) is 5.92 Å². The summed E-state index contributed by atoms with van der Waals surface area (Å²) in [6, 6.07) is 5.62. The molecule has 2 N–H and O–H groups in total. The molecule has 4 amide bonds. The summed E-state index contributed by atoms with van der Waals surface area (Å²) in [5, 5.41) is 14.3. The number of carbonyl (C=O) groups is 4. The Bertz CT molecular complexity index is 944. The van der Waals surface area contributed by atoms with Crippen LogP contribution in [0.2, 0.25) is 5.02 Å². The number of imide groups is 1. The molecule has 2 unspecified atom stereocenters. The lowest BCUT2D eigenvalue weighted by atomic mass is 9.73. The van der Waals surface area contributed by atoms with Crippen molar-refractivity contribution in [1.29, 1.82) is 5.26 Å². The molecule has 2 atom stereocenters. The highest BCUT2D eigenvalue weighted by Gasteiger charge is 2.55. The molecule has 1 aliphatic heterocycles. The molecule has 2 aliphatic rings. The number of nitrogens with one attached hydrogen (secondary N) is 2. The summed E-state index contributed by atoms with van der Waals surface area (Å²) >= 11 is 5.90. The first-order valence-electron chi connectivity index (χ1n) is 9.56. The van der Waals surface area contributed by atoms with Crippen molar-refractivity contribution >= 4 is 41.1 Å². The smallest absolute Gasteiger partial charge is 0.326 e. The number of carbonyl (C=O) groups excluding carboxylic acids is 4. The third kappa shape index (κ3) is 4.24. The van der Waals surface area contributed by atoms with Gasteiger partial charge >= 0.3 is 12.0 Å². The average Bonchev–Trinajstić information content (AvgIpc) is 2.94. The van der Waals surface area contributed by atoms with Crippen molar-refractivity contribution in [3.63, 3.8) is 0 Å². The Morgan fingerprint density at radius 1 is 1.40 bits per heavy atom. The van der Waals surface area contributed by atoms with E-state index in [4.69, 9.17) is 21.6 Å². The molecule has 0 radical (unpaired) electrons. The number of hydrogen-bond acceptors (Lipinski definition) is 6. The normalized spacial score (nSPS) is 23.1. The van der Waals surface area contributed by atoms with Gasteiger partial charge in [0.1, 0.15) is 18.2 Å². The van der Waals surface area contributed by atoms with Crippen LogP contribution in [0.15, 0.2) is 18.2 Å². The molecule has 9 nitrogen and oxygen atoms in total. The second kappa shape index (κ2) is 8.71. The van der Waals surface area contributed by atoms with Crippen molar-refractivity contribution in [3.8, 4) is 6.07 Å². The molecule has 10 heteroatoms. The van der Waals surface area contributed by atoms with Crippen LogP contribution in [0.1, 0.15) is 38.2 Å². The first-order chi connectivity index (χ1) is 14.3. The maximum Gasteiger partial charge on any atom is 0.326 e. The summed E-state index contributed by atoms with van der Waals surface area (Å²) in [6.45, 7) is 0.760.